The molecular formula is C19H19N3O3. The van der Waals surface area contributed by atoms with Crippen molar-refractivity contribution in [3.63, 3.8) is 0 Å². The summed E-state index contributed by atoms with van der Waals surface area (Å²) in [4.78, 5) is 27.0. The Balaban J connectivity index is 1.48. The number of aryl methyl sites for hydroxylation is 1. The Kier molecular flexibility index (Phi) is 4.99. The zero-order valence-electron chi connectivity index (χ0n) is 13.8. The number of ether oxygens (including phenoxy) is 1. The van der Waals surface area contributed by atoms with Crippen LogP contribution in [0.2, 0.25) is 0 Å². The number of anilines is 1. The predicted molar refractivity (Wildman–Crippen MR) is 96.6 cm³/mol. The van der Waals surface area contributed by atoms with Crippen LogP contribution in [0.15, 0.2) is 54.7 Å². The number of hydrogen-bond donors (Lipinski definition) is 3. The lowest BCUT2D eigenvalue weighted by Gasteiger charge is -2.09. The van der Waals surface area contributed by atoms with Crippen LogP contribution >= 0.6 is 0 Å². The number of hydrogen-bond acceptors (Lipinski definition) is 3. The number of fused-ring (bicyclic) bond motifs is 1. The Hall–Kier alpha value is -3.28. The molecule has 3 aromatic rings. The average Bonchev–Trinajstić information content (AvgIpc) is 3.08. The van der Waals surface area contributed by atoms with Gasteiger partial charge in [-0.3, -0.25) is 9.59 Å². The van der Waals surface area contributed by atoms with Crippen LogP contribution in [-0.4, -0.2) is 29.9 Å². The number of rotatable bonds is 5. The predicted octanol–water partition coefficient (Wildman–Crippen LogP) is 2.61. The number of aromatic amines is 1. The number of carbonyl (C=O) groups excluding carboxylic acids is 2. The van der Waals surface area contributed by atoms with E-state index in [9.17, 15) is 9.59 Å². The second-order valence-corrected chi connectivity index (χ2v) is 5.62. The second kappa shape index (κ2) is 7.53. The molecule has 2 amide bonds. The van der Waals surface area contributed by atoms with Crippen LogP contribution in [0.25, 0.3) is 10.9 Å². The molecule has 2 aromatic carbocycles. The van der Waals surface area contributed by atoms with Gasteiger partial charge in [-0.15, -0.1) is 0 Å². The van der Waals surface area contributed by atoms with Gasteiger partial charge in [0.15, 0.2) is 0 Å². The van der Waals surface area contributed by atoms with Crippen molar-refractivity contribution in [3.05, 3.63) is 60.3 Å². The van der Waals surface area contributed by atoms with Gasteiger partial charge in [0.1, 0.15) is 12.4 Å². The molecule has 0 atom stereocenters. The van der Waals surface area contributed by atoms with Crippen LogP contribution in [-0.2, 0) is 9.59 Å². The minimum atomic E-state index is -0.704. The van der Waals surface area contributed by atoms with Crippen LogP contribution in [0.5, 0.6) is 5.75 Å². The highest BCUT2D eigenvalue weighted by atomic mass is 16.5. The van der Waals surface area contributed by atoms with Crippen LogP contribution in [0.4, 0.5) is 5.69 Å². The quantitative estimate of drug-likeness (QED) is 0.494. The summed E-state index contributed by atoms with van der Waals surface area (Å²) < 4.78 is 5.53. The summed E-state index contributed by atoms with van der Waals surface area (Å²) in [7, 11) is 0. The lowest BCUT2D eigenvalue weighted by Crippen LogP contribution is -2.37. The molecule has 0 bridgehead atoms. The summed E-state index contributed by atoms with van der Waals surface area (Å²) in [5, 5.41) is 6.02. The van der Waals surface area contributed by atoms with Crippen molar-refractivity contribution in [3.8, 4) is 5.75 Å². The summed E-state index contributed by atoms with van der Waals surface area (Å²) in [6, 6.07) is 14.9. The minimum absolute atomic E-state index is 0.245. The molecule has 0 spiro atoms. The summed E-state index contributed by atoms with van der Waals surface area (Å²) >= 11 is 0. The molecule has 6 nitrogen and oxygen atoms in total. The van der Waals surface area contributed by atoms with Crippen LogP contribution < -0.4 is 15.4 Å². The molecule has 1 aromatic heterocycles. The average molecular weight is 337 g/mol. The molecule has 0 unspecified atom stereocenters. The maximum atomic E-state index is 12.0. The van der Waals surface area contributed by atoms with Gasteiger partial charge in [0.2, 0.25) is 0 Å². The third-order valence-electron chi connectivity index (χ3n) is 3.70. The van der Waals surface area contributed by atoms with Gasteiger partial charge in [0.05, 0.1) is 12.2 Å². The maximum absolute atomic E-state index is 12.0. The fourth-order valence-corrected chi connectivity index (χ4v) is 2.49. The zero-order chi connectivity index (χ0) is 17.6. The van der Waals surface area contributed by atoms with Crippen LogP contribution in [0.1, 0.15) is 5.56 Å². The second-order valence-electron chi connectivity index (χ2n) is 5.62. The van der Waals surface area contributed by atoms with E-state index < -0.39 is 11.8 Å². The van der Waals surface area contributed by atoms with Gasteiger partial charge in [0.25, 0.3) is 0 Å². The number of carbonyl (C=O) groups is 2. The highest BCUT2D eigenvalue weighted by molar-refractivity contribution is 6.40. The van der Waals surface area contributed by atoms with Gasteiger partial charge < -0.3 is 20.4 Å². The van der Waals surface area contributed by atoms with Crippen molar-refractivity contribution in [2.75, 3.05) is 18.5 Å². The van der Waals surface area contributed by atoms with Gasteiger partial charge in [0, 0.05) is 17.1 Å². The number of benzene rings is 2. The molecule has 0 aliphatic heterocycles. The molecule has 0 aliphatic rings. The highest BCUT2D eigenvalue weighted by Gasteiger charge is 2.14. The lowest BCUT2D eigenvalue weighted by molar-refractivity contribution is -0.136. The van der Waals surface area contributed by atoms with Crippen molar-refractivity contribution < 1.29 is 14.3 Å². The Labute approximate surface area is 145 Å². The van der Waals surface area contributed by atoms with Crippen molar-refractivity contribution in [2.24, 2.45) is 0 Å². The van der Waals surface area contributed by atoms with Crippen molar-refractivity contribution >= 4 is 28.4 Å². The zero-order valence-corrected chi connectivity index (χ0v) is 13.8. The Morgan fingerprint density at radius 2 is 1.92 bits per heavy atom. The molecule has 0 saturated carbocycles. The van der Waals surface area contributed by atoms with E-state index in [2.05, 4.69) is 15.6 Å². The van der Waals surface area contributed by atoms with E-state index in [0.717, 1.165) is 22.2 Å². The molecule has 6 heteroatoms. The molecule has 0 saturated heterocycles. The fourth-order valence-electron chi connectivity index (χ4n) is 2.49. The first-order valence-electron chi connectivity index (χ1n) is 7.98. The topological polar surface area (TPSA) is 83.2 Å². The molecule has 3 N–H and O–H groups in total. The molecule has 0 radical (unpaired) electrons. The van der Waals surface area contributed by atoms with Crippen molar-refractivity contribution in [1.29, 1.82) is 0 Å². The van der Waals surface area contributed by atoms with Crippen molar-refractivity contribution in [2.45, 2.75) is 6.92 Å². The van der Waals surface area contributed by atoms with E-state index >= 15 is 0 Å². The van der Waals surface area contributed by atoms with Crippen LogP contribution in [0, 0.1) is 6.92 Å². The summed E-state index contributed by atoms with van der Waals surface area (Å²) in [6.07, 6.45) is 1.78. The molecule has 25 heavy (non-hydrogen) atoms. The van der Waals surface area contributed by atoms with Gasteiger partial charge in [-0.05, 0) is 42.8 Å². The van der Waals surface area contributed by atoms with Crippen LogP contribution in [0.3, 0.4) is 0 Å². The number of nitrogens with one attached hydrogen (secondary N) is 3. The monoisotopic (exact) mass is 337 g/mol. The van der Waals surface area contributed by atoms with E-state index in [1.807, 2.05) is 49.4 Å². The molecule has 3 rings (SSSR count). The normalized spacial score (nSPS) is 10.4. The minimum Gasteiger partial charge on any atom is -0.492 e. The van der Waals surface area contributed by atoms with Gasteiger partial charge >= 0.3 is 11.8 Å². The largest absolute Gasteiger partial charge is 0.492 e. The highest BCUT2D eigenvalue weighted by Crippen LogP contribution is 2.21. The third-order valence-corrected chi connectivity index (χ3v) is 3.70. The number of aromatic nitrogens is 1. The first kappa shape index (κ1) is 16.6. The fraction of sp³-hybridized carbons (Fsp3) is 0.158. The molecule has 1 heterocycles. The standard InChI is InChI=1S/C19H19N3O3/c1-13-4-2-5-14(12-13)25-11-10-21-18(23)19(24)22-17-7-3-6-16-15(17)8-9-20-16/h2-9,12,20H,10-11H2,1H3,(H,21,23)(H,22,24). The molecule has 0 fully saturated rings. The number of H-pyrrole nitrogens is 1. The summed E-state index contributed by atoms with van der Waals surface area (Å²) in [6.45, 7) is 2.51. The van der Waals surface area contributed by atoms with E-state index in [1.165, 1.54) is 0 Å². The van der Waals surface area contributed by atoms with E-state index in [4.69, 9.17) is 4.74 Å². The van der Waals surface area contributed by atoms with E-state index in [-0.39, 0.29) is 13.2 Å². The van der Waals surface area contributed by atoms with Gasteiger partial charge in [-0.1, -0.05) is 18.2 Å². The molecular weight excluding hydrogens is 318 g/mol. The maximum Gasteiger partial charge on any atom is 0.313 e. The number of amides is 2. The van der Waals surface area contributed by atoms with Gasteiger partial charge in [-0.25, -0.2) is 0 Å². The molecule has 128 valence electrons. The van der Waals surface area contributed by atoms with Gasteiger partial charge in [-0.2, -0.15) is 0 Å². The first-order valence-corrected chi connectivity index (χ1v) is 7.98. The Morgan fingerprint density at radius 3 is 2.76 bits per heavy atom. The lowest BCUT2D eigenvalue weighted by atomic mass is 10.2. The first-order chi connectivity index (χ1) is 12.1. The third kappa shape index (κ3) is 4.17. The van der Waals surface area contributed by atoms with E-state index in [0.29, 0.717) is 5.69 Å². The Morgan fingerprint density at radius 1 is 1.08 bits per heavy atom. The van der Waals surface area contributed by atoms with Crippen molar-refractivity contribution in [1.82, 2.24) is 10.3 Å². The summed E-state index contributed by atoms with van der Waals surface area (Å²) in [5.41, 5.74) is 2.58. The van der Waals surface area contributed by atoms with E-state index in [1.54, 1.807) is 12.3 Å². The smallest absolute Gasteiger partial charge is 0.313 e. The summed E-state index contributed by atoms with van der Waals surface area (Å²) in [5.74, 6) is -0.664. The SMILES string of the molecule is Cc1cccc(OCCNC(=O)C(=O)Nc2cccc3[nH]ccc23)c1. The molecule has 0 aliphatic carbocycles. The Bertz CT molecular complexity index is 902.